The summed E-state index contributed by atoms with van der Waals surface area (Å²) in [4.78, 5) is 8.46. The summed E-state index contributed by atoms with van der Waals surface area (Å²) in [5.41, 5.74) is 20.1. The van der Waals surface area contributed by atoms with Gasteiger partial charge in [0.1, 0.15) is 17.6 Å². The molecule has 1 heterocycles. The minimum absolute atomic E-state index is 0.257. The number of hydrogen-bond acceptors (Lipinski definition) is 5. The molecule has 0 amide bonds. The molecule has 0 fully saturated rings. The smallest absolute Gasteiger partial charge is 0.147 e. The molecule has 1 unspecified atom stereocenters. The molecule has 6 N–H and O–H groups in total. The number of terminal acetylenes is 1. The standard InChI is InChI=1S/C14H15N5/c1-2-11(16)13-14(17)18-8-12(19-13)10-5-3-9(7-15)4-6-10/h1,3-6,8,11H,7,15-16H2,(H2,17,18). The van der Waals surface area contributed by atoms with Crippen molar-refractivity contribution in [2.24, 2.45) is 11.5 Å². The van der Waals surface area contributed by atoms with Crippen LogP contribution in [-0.2, 0) is 6.54 Å². The minimum atomic E-state index is -0.657. The van der Waals surface area contributed by atoms with Gasteiger partial charge in [0.05, 0.1) is 11.9 Å². The lowest BCUT2D eigenvalue weighted by atomic mass is 10.1. The summed E-state index contributed by atoms with van der Waals surface area (Å²) < 4.78 is 0. The van der Waals surface area contributed by atoms with E-state index in [0.29, 0.717) is 17.9 Å². The van der Waals surface area contributed by atoms with Crippen LogP contribution in [0.3, 0.4) is 0 Å². The number of nitrogen functional groups attached to an aromatic ring is 1. The lowest BCUT2D eigenvalue weighted by Crippen LogP contribution is -2.13. The molecule has 5 heteroatoms. The van der Waals surface area contributed by atoms with Crippen molar-refractivity contribution in [1.82, 2.24) is 9.97 Å². The monoisotopic (exact) mass is 253 g/mol. The zero-order valence-corrected chi connectivity index (χ0v) is 10.4. The average Bonchev–Trinajstić information content (AvgIpc) is 2.47. The summed E-state index contributed by atoms with van der Waals surface area (Å²) in [6.45, 7) is 0.501. The second-order valence-electron chi connectivity index (χ2n) is 4.07. The zero-order valence-electron chi connectivity index (χ0n) is 10.4. The highest BCUT2D eigenvalue weighted by Gasteiger charge is 2.11. The van der Waals surface area contributed by atoms with E-state index in [-0.39, 0.29) is 5.82 Å². The summed E-state index contributed by atoms with van der Waals surface area (Å²) in [5.74, 6) is 2.65. The Morgan fingerprint density at radius 3 is 2.53 bits per heavy atom. The van der Waals surface area contributed by atoms with E-state index in [2.05, 4.69) is 15.9 Å². The first-order valence-electron chi connectivity index (χ1n) is 5.79. The number of nitrogens with two attached hydrogens (primary N) is 3. The number of nitrogens with zero attached hydrogens (tertiary/aromatic N) is 2. The summed E-state index contributed by atoms with van der Waals surface area (Å²) in [7, 11) is 0. The quantitative estimate of drug-likeness (QED) is 0.702. The molecule has 0 bridgehead atoms. The zero-order chi connectivity index (χ0) is 13.8. The van der Waals surface area contributed by atoms with Crippen molar-refractivity contribution in [3.05, 3.63) is 41.7 Å². The molecule has 96 valence electrons. The van der Waals surface area contributed by atoms with Crippen LogP contribution in [0.4, 0.5) is 5.82 Å². The highest BCUT2D eigenvalue weighted by atomic mass is 14.9. The van der Waals surface area contributed by atoms with Gasteiger partial charge in [-0.3, -0.25) is 0 Å². The summed E-state index contributed by atoms with van der Waals surface area (Å²) in [5, 5.41) is 0. The van der Waals surface area contributed by atoms with Crippen molar-refractivity contribution >= 4 is 5.82 Å². The van der Waals surface area contributed by atoms with Crippen LogP contribution in [0.5, 0.6) is 0 Å². The molecule has 1 aromatic carbocycles. The maximum Gasteiger partial charge on any atom is 0.147 e. The Morgan fingerprint density at radius 2 is 1.95 bits per heavy atom. The van der Waals surface area contributed by atoms with Crippen molar-refractivity contribution in [2.75, 3.05) is 5.73 Å². The molecule has 1 aromatic heterocycles. The molecule has 2 rings (SSSR count). The summed E-state index contributed by atoms with van der Waals surface area (Å²) >= 11 is 0. The molecular weight excluding hydrogens is 238 g/mol. The molecule has 0 saturated heterocycles. The van der Waals surface area contributed by atoms with E-state index >= 15 is 0 Å². The van der Waals surface area contributed by atoms with Crippen LogP contribution >= 0.6 is 0 Å². The lowest BCUT2D eigenvalue weighted by Gasteiger charge is -2.09. The van der Waals surface area contributed by atoms with Crippen molar-refractivity contribution < 1.29 is 0 Å². The SMILES string of the molecule is C#CC(N)c1nc(-c2ccc(CN)cc2)cnc1N. The van der Waals surface area contributed by atoms with Gasteiger partial charge in [-0.2, -0.15) is 0 Å². The Balaban J connectivity index is 2.42. The second kappa shape index (κ2) is 5.48. The first-order valence-corrected chi connectivity index (χ1v) is 5.79. The third-order valence-electron chi connectivity index (χ3n) is 2.79. The van der Waals surface area contributed by atoms with Crippen LogP contribution in [-0.4, -0.2) is 9.97 Å². The maximum absolute atomic E-state index is 5.75. The molecule has 0 aliphatic heterocycles. The number of anilines is 1. The Morgan fingerprint density at radius 1 is 1.26 bits per heavy atom. The minimum Gasteiger partial charge on any atom is -0.382 e. The first kappa shape index (κ1) is 13.0. The molecule has 0 radical (unpaired) electrons. The predicted molar refractivity (Wildman–Crippen MR) is 75.5 cm³/mol. The Bertz CT molecular complexity index is 613. The Kier molecular flexibility index (Phi) is 3.76. The van der Waals surface area contributed by atoms with Gasteiger partial charge < -0.3 is 17.2 Å². The number of aromatic nitrogens is 2. The molecule has 2 aromatic rings. The lowest BCUT2D eigenvalue weighted by molar-refractivity contribution is 0.884. The van der Waals surface area contributed by atoms with E-state index in [1.165, 1.54) is 0 Å². The third kappa shape index (κ3) is 2.71. The van der Waals surface area contributed by atoms with Crippen LogP contribution in [0.1, 0.15) is 17.3 Å². The molecular formula is C14H15N5. The van der Waals surface area contributed by atoms with Gasteiger partial charge in [0.25, 0.3) is 0 Å². The van der Waals surface area contributed by atoms with Crippen molar-refractivity contribution in [2.45, 2.75) is 12.6 Å². The number of hydrogen-bond donors (Lipinski definition) is 3. The maximum atomic E-state index is 5.75. The van der Waals surface area contributed by atoms with Crippen LogP contribution < -0.4 is 17.2 Å². The van der Waals surface area contributed by atoms with Crippen LogP contribution in [0.2, 0.25) is 0 Å². The summed E-state index contributed by atoms with van der Waals surface area (Å²) in [6, 6.07) is 7.07. The fourth-order valence-electron chi connectivity index (χ4n) is 1.67. The molecule has 1 atom stereocenters. The van der Waals surface area contributed by atoms with E-state index in [9.17, 15) is 0 Å². The van der Waals surface area contributed by atoms with E-state index in [4.69, 9.17) is 23.6 Å². The second-order valence-corrected chi connectivity index (χ2v) is 4.07. The number of rotatable bonds is 3. The first-order chi connectivity index (χ1) is 9.15. The van der Waals surface area contributed by atoms with Gasteiger partial charge in [0.15, 0.2) is 0 Å². The van der Waals surface area contributed by atoms with Crippen molar-refractivity contribution in [3.8, 4) is 23.6 Å². The van der Waals surface area contributed by atoms with E-state index in [1.54, 1.807) is 6.20 Å². The third-order valence-corrected chi connectivity index (χ3v) is 2.79. The van der Waals surface area contributed by atoms with Crippen molar-refractivity contribution in [1.29, 1.82) is 0 Å². The van der Waals surface area contributed by atoms with Gasteiger partial charge in [0.2, 0.25) is 0 Å². The predicted octanol–water partition coefficient (Wildman–Crippen LogP) is 0.818. The Hall–Kier alpha value is -2.42. The fraction of sp³-hybridized carbons (Fsp3) is 0.143. The van der Waals surface area contributed by atoms with Gasteiger partial charge in [-0.15, -0.1) is 6.42 Å². The van der Waals surface area contributed by atoms with Gasteiger partial charge in [0, 0.05) is 12.1 Å². The van der Waals surface area contributed by atoms with E-state index < -0.39 is 6.04 Å². The van der Waals surface area contributed by atoms with E-state index in [0.717, 1.165) is 11.1 Å². The molecule has 19 heavy (non-hydrogen) atoms. The van der Waals surface area contributed by atoms with Gasteiger partial charge in [-0.05, 0) is 5.56 Å². The molecule has 0 spiro atoms. The normalized spacial score (nSPS) is 11.8. The van der Waals surface area contributed by atoms with Gasteiger partial charge in [-0.25, -0.2) is 9.97 Å². The molecule has 0 saturated carbocycles. The highest BCUT2D eigenvalue weighted by Crippen LogP contribution is 2.21. The molecule has 0 aliphatic rings. The molecule has 5 nitrogen and oxygen atoms in total. The largest absolute Gasteiger partial charge is 0.382 e. The van der Waals surface area contributed by atoms with Crippen LogP contribution in [0.15, 0.2) is 30.5 Å². The average molecular weight is 253 g/mol. The summed E-state index contributed by atoms with van der Waals surface area (Å²) in [6.07, 6.45) is 6.88. The van der Waals surface area contributed by atoms with Crippen molar-refractivity contribution in [3.63, 3.8) is 0 Å². The fourth-order valence-corrected chi connectivity index (χ4v) is 1.67. The van der Waals surface area contributed by atoms with Crippen LogP contribution in [0.25, 0.3) is 11.3 Å². The van der Waals surface area contributed by atoms with Gasteiger partial charge >= 0.3 is 0 Å². The molecule has 0 aliphatic carbocycles. The van der Waals surface area contributed by atoms with Gasteiger partial charge in [-0.1, -0.05) is 30.2 Å². The number of benzene rings is 1. The topological polar surface area (TPSA) is 104 Å². The van der Waals surface area contributed by atoms with E-state index in [1.807, 2.05) is 24.3 Å². The van der Waals surface area contributed by atoms with Crippen LogP contribution in [0, 0.1) is 12.3 Å². The Labute approximate surface area is 111 Å². The highest BCUT2D eigenvalue weighted by molar-refractivity contribution is 5.60.